The van der Waals surface area contributed by atoms with Gasteiger partial charge in [-0.25, -0.2) is 9.37 Å². The minimum Gasteiger partial charge on any atom is -0.454 e. The molecule has 3 nitrogen and oxygen atoms in total. The molecule has 2 rings (SSSR count). The van der Waals surface area contributed by atoms with Crippen LogP contribution in [0.25, 0.3) is 10.9 Å². The molecule has 7 heteroatoms. The van der Waals surface area contributed by atoms with E-state index in [-0.39, 0.29) is 5.52 Å². The van der Waals surface area contributed by atoms with Crippen LogP contribution in [-0.4, -0.2) is 22.8 Å². The lowest BCUT2D eigenvalue weighted by molar-refractivity contribution is -0.154. The molecule has 0 spiro atoms. The first-order valence-corrected chi connectivity index (χ1v) is 4.56. The molecule has 0 radical (unpaired) electrons. The third-order valence-electron chi connectivity index (χ3n) is 1.90. The van der Waals surface area contributed by atoms with Gasteiger partial charge in [0.25, 0.3) is 0 Å². The van der Waals surface area contributed by atoms with Gasteiger partial charge >= 0.3 is 12.2 Å². The Balaban J connectivity index is 2.28. The SMILES string of the molecule is Fc1cccc2cnc(OCC(F)(F)F)nc12. The van der Waals surface area contributed by atoms with Gasteiger partial charge in [0.2, 0.25) is 0 Å². The molecule has 90 valence electrons. The fourth-order valence-corrected chi connectivity index (χ4v) is 1.22. The first-order chi connectivity index (χ1) is 7.96. The second-order valence-corrected chi connectivity index (χ2v) is 3.23. The molecule has 0 bridgehead atoms. The predicted molar refractivity (Wildman–Crippen MR) is 51.0 cm³/mol. The molecular formula is C10H6F4N2O. The lowest BCUT2D eigenvalue weighted by atomic mass is 10.2. The quantitative estimate of drug-likeness (QED) is 0.764. The number of halogens is 4. The number of para-hydroxylation sites is 1. The molecule has 0 N–H and O–H groups in total. The predicted octanol–water partition coefficient (Wildman–Crippen LogP) is 2.71. The summed E-state index contributed by atoms with van der Waals surface area (Å²) in [5.41, 5.74) is -0.0697. The van der Waals surface area contributed by atoms with E-state index < -0.39 is 24.6 Å². The summed E-state index contributed by atoms with van der Waals surface area (Å²) < 4.78 is 53.2. The highest BCUT2D eigenvalue weighted by Gasteiger charge is 2.29. The van der Waals surface area contributed by atoms with Gasteiger partial charge < -0.3 is 4.74 Å². The Morgan fingerprint density at radius 1 is 1.24 bits per heavy atom. The molecular weight excluding hydrogens is 240 g/mol. The summed E-state index contributed by atoms with van der Waals surface area (Å²) in [6.45, 7) is -1.51. The van der Waals surface area contributed by atoms with Crippen molar-refractivity contribution < 1.29 is 22.3 Å². The van der Waals surface area contributed by atoms with Crippen molar-refractivity contribution in [1.29, 1.82) is 0 Å². The Hall–Kier alpha value is -1.92. The molecule has 1 aromatic heterocycles. The average Bonchev–Trinajstić information content (AvgIpc) is 2.26. The molecule has 1 aromatic carbocycles. The Bertz CT molecular complexity index is 541. The summed E-state index contributed by atoms with van der Waals surface area (Å²) >= 11 is 0. The van der Waals surface area contributed by atoms with Gasteiger partial charge in [-0.3, -0.25) is 0 Å². The van der Waals surface area contributed by atoms with Crippen molar-refractivity contribution >= 4 is 10.9 Å². The molecule has 0 aliphatic carbocycles. The average molecular weight is 246 g/mol. The van der Waals surface area contributed by atoms with Gasteiger partial charge in [0.1, 0.15) is 11.3 Å². The number of ether oxygens (including phenoxy) is 1. The number of benzene rings is 1. The summed E-state index contributed by atoms with van der Waals surface area (Å²) in [6.07, 6.45) is -3.27. The highest BCUT2D eigenvalue weighted by atomic mass is 19.4. The maximum Gasteiger partial charge on any atom is 0.422 e. The largest absolute Gasteiger partial charge is 0.454 e. The van der Waals surface area contributed by atoms with Gasteiger partial charge in [0.05, 0.1) is 0 Å². The topological polar surface area (TPSA) is 35.0 Å². The van der Waals surface area contributed by atoms with E-state index >= 15 is 0 Å². The Labute approximate surface area is 93.1 Å². The summed E-state index contributed by atoms with van der Waals surface area (Å²) in [7, 11) is 0. The van der Waals surface area contributed by atoms with Crippen LogP contribution in [0.3, 0.4) is 0 Å². The van der Waals surface area contributed by atoms with Crippen molar-refractivity contribution in [3.63, 3.8) is 0 Å². The van der Waals surface area contributed by atoms with E-state index in [9.17, 15) is 17.6 Å². The highest BCUT2D eigenvalue weighted by Crippen LogP contribution is 2.19. The number of hydrogen-bond donors (Lipinski definition) is 0. The van der Waals surface area contributed by atoms with E-state index in [2.05, 4.69) is 14.7 Å². The van der Waals surface area contributed by atoms with Gasteiger partial charge in [0.15, 0.2) is 6.61 Å². The summed E-state index contributed by atoms with van der Waals surface area (Å²) in [6, 6.07) is 3.66. The van der Waals surface area contributed by atoms with Crippen molar-refractivity contribution in [1.82, 2.24) is 9.97 Å². The molecule has 0 aliphatic rings. The molecule has 0 atom stereocenters. The van der Waals surface area contributed by atoms with E-state index in [1.54, 1.807) is 6.07 Å². The van der Waals surface area contributed by atoms with E-state index in [0.29, 0.717) is 5.39 Å². The number of alkyl halides is 3. The lowest BCUT2D eigenvalue weighted by Crippen LogP contribution is -2.20. The summed E-state index contributed by atoms with van der Waals surface area (Å²) in [5, 5.41) is 0.393. The Morgan fingerprint density at radius 3 is 2.71 bits per heavy atom. The van der Waals surface area contributed by atoms with Crippen molar-refractivity contribution in [2.24, 2.45) is 0 Å². The first kappa shape index (κ1) is 11.6. The van der Waals surface area contributed by atoms with Crippen molar-refractivity contribution in [2.45, 2.75) is 6.18 Å². The standard InChI is InChI=1S/C10H6F4N2O/c11-7-3-1-2-6-4-15-9(16-8(6)7)17-5-10(12,13)14/h1-4H,5H2. The van der Waals surface area contributed by atoms with E-state index in [1.165, 1.54) is 12.3 Å². The highest BCUT2D eigenvalue weighted by molar-refractivity contribution is 5.78. The Kier molecular flexibility index (Phi) is 2.83. The minimum atomic E-state index is -4.48. The Morgan fingerprint density at radius 2 is 2.00 bits per heavy atom. The number of aromatic nitrogens is 2. The molecule has 0 aliphatic heterocycles. The molecule has 0 fully saturated rings. The third-order valence-corrected chi connectivity index (χ3v) is 1.90. The zero-order chi connectivity index (χ0) is 12.5. The van der Waals surface area contributed by atoms with Crippen LogP contribution < -0.4 is 4.74 Å². The van der Waals surface area contributed by atoms with Crippen LogP contribution in [0.2, 0.25) is 0 Å². The molecule has 1 heterocycles. The minimum absolute atomic E-state index is 0.0697. The van der Waals surface area contributed by atoms with Crippen molar-refractivity contribution in [2.75, 3.05) is 6.61 Å². The second kappa shape index (κ2) is 4.15. The summed E-state index contributed by atoms with van der Waals surface area (Å²) in [5.74, 6) is -0.637. The zero-order valence-electron chi connectivity index (χ0n) is 8.33. The van der Waals surface area contributed by atoms with Gasteiger partial charge in [-0.05, 0) is 6.07 Å². The molecule has 0 saturated carbocycles. The van der Waals surface area contributed by atoms with Gasteiger partial charge in [-0.2, -0.15) is 18.2 Å². The number of fused-ring (bicyclic) bond motifs is 1. The van der Waals surface area contributed by atoms with Crippen LogP contribution in [0.4, 0.5) is 17.6 Å². The maximum absolute atomic E-state index is 13.3. The van der Waals surface area contributed by atoms with Crippen LogP contribution in [0.1, 0.15) is 0 Å². The molecule has 0 saturated heterocycles. The molecule has 0 unspecified atom stereocenters. The fraction of sp³-hybridized carbons (Fsp3) is 0.200. The maximum atomic E-state index is 13.3. The van der Waals surface area contributed by atoms with Crippen molar-refractivity contribution in [3.8, 4) is 6.01 Å². The summed E-state index contributed by atoms with van der Waals surface area (Å²) in [4.78, 5) is 7.12. The second-order valence-electron chi connectivity index (χ2n) is 3.23. The van der Waals surface area contributed by atoms with E-state index in [0.717, 1.165) is 6.07 Å². The lowest BCUT2D eigenvalue weighted by Gasteiger charge is -2.07. The van der Waals surface area contributed by atoms with Crippen molar-refractivity contribution in [3.05, 3.63) is 30.2 Å². The van der Waals surface area contributed by atoms with E-state index in [1.807, 2.05) is 0 Å². The van der Waals surface area contributed by atoms with Gasteiger partial charge in [-0.15, -0.1) is 0 Å². The molecule has 2 aromatic rings. The zero-order valence-corrected chi connectivity index (χ0v) is 8.33. The molecule has 0 amide bonds. The smallest absolute Gasteiger partial charge is 0.422 e. The number of nitrogens with zero attached hydrogens (tertiary/aromatic N) is 2. The van der Waals surface area contributed by atoms with Gasteiger partial charge in [0, 0.05) is 11.6 Å². The van der Waals surface area contributed by atoms with E-state index in [4.69, 9.17) is 0 Å². The fourth-order valence-electron chi connectivity index (χ4n) is 1.22. The monoisotopic (exact) mass is 246 g/mol. The van der Waals surface area contributed by atoms with Crippen LogP contribution >= 0.6 is 0 Å². The number of hydrogen-bond acceptors (Lipinski definition) is 3. The van der Waals surface area contributed by atoms with Crippen LogP contribution in [0, 0.1) is 5.82 Å². The first-order valence-electron chi connectivity index (χ1n) is 4.56. The molecule has 17 heavy (non-hydrogen) atoms. The number of rotatable bonds is 2. The van der Waals surface area contributed by atoms with Crippen LogP contribution in [-0.2, 0) is 0 Å². The van der Waals surface area contributed by atoms with Crippen LogP contribution in [0.15, 0.2) is 24.4 Å². The van der Waals surface area contributed by atoms with Crippen LogP contribution in [0.5, 0.6) is 6.01 Å². The third kappa shape index (κ3) is 2.80. The normalized spacial score (nSPS) is 11.8. The van der Waals surface area contributed by atoms with Gasteiger partial charge in [-0.1, -0.05) is 12.1 Å².